The first kappa shape index (κ1) is 13.1. The first-order valence-electron chi connectivity index (χ1n) is 6.23. The van der Waals surface area contributed by atoms with Crippen LogP contribution < -0.4 is 5.32 Å². The first-order valence-corrected chi connectivity index (χ1v) is 7.11. The number of hydrogen-bond acceptors (Lipinski definition) is 3. The summed E-state index contributed by atoms with van der Waals surface area (Å²) >= 11 is 1.64. The van der Waals surface area contributed by atoms with Gasteiger partial charge in [-0.1, -0.05) is 19.1 Å². The van der Waals surface area contributed by atoms with Crippen molar-refractivity contribution in [1.82, 2.24) is 15.2 Å². The summed E-state index contributed by atoms with van der Waals surface area (Å²) in [7, 11) is 1.84. The molecule has 0 bridgehead atoms. The van der Waals surface area contributed by atoms with Gasteiger partial charge in [-0.05, 0) is 12.8 Å². The number of carbonyl (C=O) groups is 1. The molecule has 0 radical (unpaired) electrons. The molecule has 18 heavy (non-hydrogen) atoms. The molecule has 0 spiro atoms. The van der Waals surface area contributed by atoms with E-state index < -0.39 is 0 Å². The Morgan fingerprint density at radius 2 is 2.33 bits per heavy atom. The van der Waals surface area contributed by atoms with E-state index in [0.29, 0.717) is 6.54 Å². The summed E-state index contributed by atoms with van der Waals surface area (Å²) in [5.74, 6) is 0.280. The van der Waals surface area contributed by atoms with Crippen molar-refractivity contribution in [3.63, 3.8) is 0 Å². The fraction of sp³-hybridized carbons (Fsp3) is 0.538. The third kappa shape index (κ3) is 3.32. The van der Waals surface area contributed by atoms with Crippen LogP contribution in [0.15, 0.2) is 23.7 Å². The van der Waals surface area contributed by atoms with E-state index in [1.54, 1.807) is 22.4 Å². The second kappa shape index (κ2) is 6.00. The number of rotatable bonds is 4. The Hall–Kier alpha value is -1.36. The van der Waals surface area contributed by atoms with Crippen molar-refractivity contribution in [1.29, 1.82) is 0 Å². The van der Waals surface area contributed by atoms with Crippen LogP contribution in [0.2, 0.25) is 0 Å². The summed E-state index contributed by atoms with van der Waals surface area (Å²) in [5, 5.41) is 6.09. The molecule has 2 rings (SSSR count). The van der Waals surface area contributed by atoms with Gasteiger partial charge in [-0.25, -0.2) is 9.78 Å². The molecule has 0 saturated heterocycles. The Kier molecular flexibility index (Phi) is 4.36. The molecule has 1 aromatic heterocycles. The van der Waals surface area contributed by atoms with Gasteiger partial charge in [0.05, 0.1) is 5.01 Å². The Labute approximate surface area is 112 Å². The molecule has 5 heteroatoms. The number of nitrogens with one attached hydrogen (secondary N) is 1. The molecule has 4 nitrogen and oxygen atoms in total. The van der Waals surface area contributed by atoms with Crippen molar-refractivity contribution in [3.05, 3.63) is 28.7 Å². The quantitative estimate of drug-likeness (QED) is 0.851. The smallest absolute Gasteiger partial charge is 0.317 e. The van der Waals surface area contributed by atoms with Crippen LogP contribution in [0.5, 0.6) is 0 Å². The Morgan fingerprint density at radius 3 is 2.94 bits per heavy atom. The van der Waals surface area contributed by atoms with Crippen molar-refractivity contribution in [2.45, 2.75) is 31.7 Å². The number of thiazole rings is 1. The molecule has 1 aliphatic carbocycles. The maximum atomic E-state index is 12.0. The number of urea groups is 1. The standard InChI is InChI=1S/C13H19N3OS/c1-10(12-14-7-8-18-12)9-16(2)13(17)15-11-5-3-4-6-11/h3-4,7-8,10-11H,5-6,9H2,1-2H3,(H,15,17)/t10-/m1/s1. The maximum absolute atomic E-state index is 12.0. The summed E-state index contributed by atoms with van der Waals surface area (Å²) in [5.41, 5.74) is 0. The van der Waals surface area contributed by atoms with Crippen LogP contribution in [0, 0.1) is 0 Å². The summed E-state index contributed by atoms with van der Waals surface area (Å²) in [6, 6.07) is 0.280. The van der Waals surface area contributed by atoms with Crippen molar-refractivity contribution >= 4 is 17.4 Å². The Bertz CT molecular complexity index is 408. The summed E-state index contributed by atoms with van der Waals surface area (Å²) in [6.07, 6.45) is 7.93. The minimum absolute atomic E-state index is 0.00658. The highest BCUT2D eigenvalue weighted by molar-refractivity contribution is 7.09. The predicted octanol–water partition coefficient (Wildman–Crippen LogP) is 2.61. The normalized spacial score (nSPS) is 16.8. The van der Waals surface area contributed by atoms with E-state index >= 15 is 0 Å². The molecule has 0 aliphatic heterocycles. The molecule has 2 amide bonds. The summed E-state index contributed by atoms with van der Waals surface area (Å²) in [6.45, 7) is 2.79. The molecule has 98 valence electrons. The minimum atomic E-state index is 0.00658. The monoisotopic (exact) mass is 265 g/mol. The Balaban J connectivity index is 1.79. The van der Waals surface area contributed by atoms with Gasteiger partial charge in [0.1, 0.15) is 0 Å². The highest BCUT2D eigenvalue weighted by Crippen LogP contribution is 2.18. The van der Waals surface area contributed by atoms with Gasteiger partial charge in [-0.3, -0.25) is 0 Å². The van der Waals surface area contributed by atoms with Crippen LogP contribution in [-0.4, -0.2) is 35.5 Å². The predicted molar refractivity (Wildman–Crippen MR) is 73.9 cm³/mol. The van der Waals surface area contributed by atoms with E-state index in [9.17, 15) is 4.79 Å². The molecular weight excluding hydrogens is 246 g/mol. The largest absolute Gasteiger partial charge is 0.335 e. The zero-order chi connectivity index (χ0) is 13.0. The van der Waals surface area contributed by atoms with E-state index in [-0.39, 0.29) is 18.0 Å². The van der Waals surface area contributed by atoms with Gasteiger partial charge in [0.2, 0.25) is 0 Å². The minimum Gasteiger partial charge on any atom is -0.335 e. The van der Waals surface area contributed by atoms with Gasteiger partial charge in [0.15, 0.2) is 0 Å². The van der Waals surface area contributed by atoms with E-state index in [4.69, 9.17) is 0 Å². The topological polar surface area (TPSA) is 45.2 Å². The second-order valence-electron chi connectivity index (χ2n) is 4.74. The van der Waals surface area contributed by atoms with Crippen LogP contribution in [0.1, 0.15) is 30.7 Å². The van der Waals surface area contributed by atoms with Crippen molar-refractivity contribution in [2.75, 3.05) is 13.6 Å². The molecule has 0 saturated carbocycles. The van der Waals surface area contributed by atoms with Gasteiger partial charge in [0.25, 0.3) is 0 Å². The molecule has 1 aromatic rings. The molecule has 1 atom stereocenters. The van der Waals surface area contributed by atoms with Crippen molar-refractivity contribution < 1.29 is 4.79 Å². The molecule has 0 fully saturated rings. The summed E-state index contributed by atoms with van der Waals surface area (Å²) in [4.78, 5) is 18.0. The lowest BCUT2D eigenvalue weighted by Gasteiger charge is -2.23. The lowest BCUT2D eigenvalue weighted by Crippen LogP contribution is -2.43. The van der Waals surface area contributed by atoms with Gasteiger partial charge >= 0.3 is 6.03 Å². The van der Waals surface area contributed by atoms with E-state index in [0.717, 1.165) is 17.8 Å². The SMILES string of the molecule is C[C@H](CN(C)C(=O)NC1CC=CC1)c1nccs1. The van der Waals surface area contributed by atoms with Crippen LogP contribution in [0.25, 0.3) is 0 Å². The number of amides is 2. The second-order valence-corrected chi connectivity index (χ2v) is 5.67. The lowest BCUT2D eigenvalue weighted by molar-refractivity contribution is 0.203. The average molecular weight is 265 g/mol. The highest BCUT2D eigenvalue weighted by Gasteiger charge is 2.18. The fourth-order valence-corrected chi connectivity index (χ4v) is 2.76. The van der Waals surface area contributed by atoms with E-state index in [1.165, 1.54) is 0 Å². The number of nitrogens with zero attached hydrogens (tertiary/aromatic N) is 2. The molecule has 1 aliphatic rings. The van der Waals surface area contributed by atoms with Gasteiger partial charge < -0.3 is 10.2 Å². The molecular formula is C13H19N3OS. The van der Waals surface area contributed by atoms with E-state index in [2.05, 4.69) is 29.4 Å². The number of hydrogen-bond donors (Lipinski definition) is 1. The maximum Gasteiger partial charge on any atom is 0.317 e. The first-order chi connectivity index (χ1) is 8.66. The average Bonchev–Trinajstić information content (AvgIpc) is 3.01. The van der Waals surface area contributed by atoms with Crippen molar-refractivity contribution in [3.8, 4) is 0 Å². The third-order valence-corrected chi connectivity index (χ3v) is 4.11. The summed E-state index contributed by atoms with van der Waals surface area (Å²) < 4.78 is 0. The Morgan fingerprint density at radius 1 is 1.61 bits per heavy atom. The molecule has 0 aromatic carbocycles. The number of likely N-dealkylation sites (N-methyl/N-ethyl adjacent to an activating group) is 1. The third-order valence-electron chi connectivity index (χ3n) is 3.10. The fourth-order valence-electron chi connectivity index (χ4n) is 2.07. The number of aromatic nitrogens is 1. The van der Waals surface area contributed by atoms with E-state index in [1.807, 2.05) is 12.4 Å². The van der Waals surface area contributed by atoms with Gasteiger partial charge in [0, 0.05) is 37.1 Å². The lowest BCUT2D eigenvalue weighted by atomic mass is 10.2. The molecule has 0 unspecified atom stereocenters. The highest BCUT2D eigenvalue weighted by atomic mass is 32.1. The van der Waals surface area contributed by atoms with Crippen LogP contribution in [0.3, 0.4) is 0 Å². The molecule has 1 heterocycles. The zero-order valence-electron chi connectivity index (χ0n) is 10.8. The van der Waals surface area contributed by atoms with Crippen LogP contribution >= 0.6 is 11.3 Å². The number of carbonyl (C=O) groups excluding carboxylic acids is 1. The zero-order valence-corrected chi connectivity index (χ0v) is 11.6. The molecule has 1 N–H and O–H groups in total. The van der Waals surface area contributed by atoms with Crippen LogP contribution in [0.4, 0.5) is 4.79 Å². The van der Waals surface area contributed by atoms with Crippen LogP contribution in [-0.2, 0) is 0 Å². The van der Waals surface area contributed by atoms with Gasteiger partial charge in [-0.2, -0.15) is 0 Å². The van der Waals surface area contributed by atoms with Gasteiger partial charge in [-0.15, -0.1) is 11.3 Å². The van der Waals surface area contributed by atoms with Crippen molar-refractivity contribution in [2.24, 2.45) is 0 Å².